The average molecular weight is 263 g/mol. The molecular weight excluding hydrogens is 243 g/mol. The molecule has 0 aromatic rings. The van der Waals surface area contributed by atoms with Crippen molar-refractivity contribution in [3.63, 3.8) is 0 Å². The van der Waals surface area contributed by atoms with Crippen LogP contribution in [0.4, 0.5) is 0 Å². The summed E-state index contributed by atoms with van der Waals surface area (Å²) >= 11 is 12.8. The molecule has 0 nitrogen and oxygen atoms in total. The van der Waals surface area contributed by atoms with Gasteiger partial charge in [-0.2, -0.15) is 0 Å². The quantitative estimate of drug-likeness (QED) is 0.375. The largest absolute Gasteiger partial charge is 0.251 e. The summed E-state index contributed by atoms with van der Waals surface area (Å²) in [5.41, 5.74) is 0. The van der Waals surface area contributed by atoms with Gasteiger partial charge in [-0.25, -0.2) is 0 Å². The molecule has 0 heterocycles. The van der Waals surface area contributed by atoms with Crippen molar-refractivity contribution < 1.29 is 0 Å². The lowest BCUT2D eigenvalue weighted by Crippen LogP contribution is -2.20. The highest BCUT2D eigenvalue weighted by Crippen LogP contribution is 2.46. The molecule has 0 aromatic carbocycles. The van der Waals surface area contributed by atoms with Crippen LogP contribution in [0.1, 0.15) is 32.6 Å². The summed E-state index contributed by atoms with van der Waals surface area (Å²) in [5, 5.41) is 0. The second-order valence-electron chi connectivity index (χ2n) is 5.18. The van der Waals surface area contributed by atoms with Crippen LogP contribution in [0.2, 0.25) is 12.1 Å². The maximum absolute atomic E-state index is 6.40. The highest BCUT2D eigenvalue weighted by molar-refractivity contribution is 7.45. The Morgan fingerprint density at radius 3 is 2.53 bits per heavy atom. The topological polar surface area (TPSA) is 0 Å². The van der Waals surface area contributed by atoms with E-state index in [0.29, 0.717) is 0 Å². The molecule has 2 bridgehead atoms. The molecule has 1 fully saturated rings. The van der Waals surface area contributed by atoms with Crippen LogP contribution in [0, 0.1) is 17.8 Å². The first-order chi connectivity index (χ1) is 7.11. The van der Waals surface area contributed by atoms with Crippen LogP contribution >= 0.6 is 22.2 Å². The SMILES string of the molecule is CCC[Si](Cl)(Cl)CCC1CC2C=CC1C2. The maximum Gasteiger partial charge on any atom is 0.251 e. The van der Waals surface area contributed by atoms with Crippen LogP contribution in [0.25, 0.3) is 0 Å². The lowest BCUT2D eigenvalue weighted by molar-refractivity contribution is 0.433. The number of hydrogen-bond acceptors (Lipinski definition) is 0. The molecule has 2 aliphatic rings. The lowest BCUT2D eigenvalue weighted by atomic mass is 9.91. The van der Waals surface area contributed by atoms with E-state index in [1.807, 2.05) is 0 Å². The van der Waals surface area contributed by atoms with Crippen molar-refractivity contribution in [1.29, 1.82) is 0 Å². The summed E-state index contributed by atoms with van der Waals surface area (Å²) in [5.74, 6) is 2.63. The van der Waals surface area contributed by atoms with Crippen LogP contribution in [0.5, 0.6) is 0 Å². The molecular formula is C12H20Cl2Si. The summed E-state index contributed by atoms with van der Waals surface area (Å²) in [7, 11) is 0. The van der Waals surface area contributed by atoms with Gasteiger partial charge in [-0.05, 0) is 42.7 Å². The molecule has 3 unspecified atom stereocenters. The third-order valence-corrected chi connectivity index (χ3v) is 8.43. The van der Waals surface area contributed by atoms with Crippen LogP contribution < -0.4 is 0 Å². The third kappa shape index (κ3) is 3.01. The Kier molecular flexibility index (Phi) is 3.85. The van der Waals surface area contributed by atoms with Crippen molar-refractivity contribution in [2.24, 2.45) is 17.8 Å². The summed E-state index contributed by atoms with van der Waals surface area (Å²) in [6, 6.07) is 2.17. The van der Waals surface area contributed by atoms with E-state index in [1.165, 1.54) is 19.3 Å². The van der Waals surface area contributed by atoms with E-state index in [1.54, 1.807) is 0 Å². The smallest absolute Gasteiger partial charge is 0.146 e. The van der Waals surface area contributed by atoms with Crippen molar-refractivity contribution in [2.45, 2.75) is 44.7 Å². The molecule has 15 heavy (non-hydrogen) atoms. The standard InChI is InChI=1S/C12H20Cl2Si/c1-2-6-15(13,14)7-5-12-9-10-3-4-11(12)8-10/h3-4,10-12H,2,5-9H2,1H3. The Balaban J connectivity index is 1.77. The first kappa shape index (κ1) is 12.0. The fraction of sp³-hybridized carbons (Fsp3) is 0.833. The molecule has 86 valence electrons. The number of rotatable bonds is 5. The molecule has 0 amide bonds. The second-order valence-corrected chi connectivity index (χ2v) is 12.8. The van der Waals surface area contributed by atoms with Gasteiger partial charge in [0.1, 0.15) is 0 Å². The van der Waals surface area contributed by atoms with Gasteiger partial charge in [-0.3, -0.25) is 0 Å². The summed E-state index contributed by atoms with van der Waals surface area (Å²) in [6.45, 7) is 0.295. The zero-order chi connectivity index (χ0) is 10.9. The molecule has 2 rings (SSSR count). The summed E-state index contributed by atoms with van der Waals surface area (Å²) in [4.78, 5) is 0. The van der Waals surface area contributed by atoms with Gasteiger partial charge < -0.3 is 0 Å². The van der Waals surface area contributed by atoms with E-state index in [4.69, 9.17) is 22.2 Å². The first-order valence-corrected chi connectivity index (χ1v) is 10.6. The van der Waals surface area contributed by atoms with E-state index < -0.39 is 6.69 Å². The predicted molar refractivity (Wildman–Crippen MR) is 70.8 cm³/mol. The molecule has 0 aromatic heterocycles. The first-order valence-electron chi connectivity index (χ1n) is 6.17. The van der Waals surface area contributed by atoms with Crippen molar-refractivity contribution in [2.75, 3.05) is 0 Å². The Bertz CT molecular complexity index is 250. The van der Waals surface area contributed by atoms with Crippen LogP contribution in [-0.4, -0.2) is 6.69 Å². The van der Waals surface area contributed by atoms with Crippen LogP contribution in [0.3, 0.4) is 0 Å². The summed E-state index contributed by atoms with van der Waals surface area (Å²) in [6.07, 6.45) is 10.0. The van der Waals surface area contributed by atoms with E-state index in [9.17, 15) is 0 Å². The molecule has 3 heteroatoms. The van der Waals surface area contributed by atoms with Crippen LogP contribution in [0.15, 0.2) is 12.2 Å². The van der Waals surface area contributed by atoms with Crippen molar-refractivity contribution in [3.8, 4) is 0 Å². The highest BCUT2D eigenvalue weighted by atomic mass is 35.7. The fourth-order valence-electron chi connectivity index (χ4n) is 3.11. The van der Waals surface area contributed by atoms with E-state index in [2.05, 4.69) is 19.1 Å². The maximum atomic E-state index is 6.40. The minimum Gasteiger partial charge on any atom is -0.146 e. The van der Waals surface area contributed by atoms with Crippen molar-refractivity contribution in [1.82, 2.24) is 0 Å². The van der Waals surface area contributed by atoms with Gasteiger partial charge in [-0.15, -0.1) is 22.2 Å². The number of fused-ring (bicyclic) bond motifs is 2. The predicted octanol–water partition coefficient (Wildman–Crippen LogP) is 4.92. The van der Waals surface area contributed by atoms with E-state index in [0.717, 1.165) is 36.3 Å². The number of hydrogen-bond donors (Lipinski definition) is 0. The Morgan fingerprint density at radius 1 is 1.20 bits per heavy atom. The molecule has 0 saturated heterocycles. The normalized spacial score (nSPS) is 33.9. The molecule has 1 saturated carbocycles. The molecule has 0 radical (unpaired) electrons. The molecule has 0 N–H and O–H groups in total. The van der Waals surface area contributed by atoms with E-state index >= 15 is 0 Å². The second kappa shape index (κ2) is 4.81. The van der Waals surface area contributed by atoms with Crippen molar-refractivity contribution in [3.05, 3.63) is 12.2 Å². The van der Waals surface area contributed by atoms with Crippen LogP contribution in [-0.2, 0) is 0 Å². The zero-order valence-corrected chi connectivity index (χ0v) is 11.9. The van der Waals surface area contributed by atoms with Gasteiger partial charge in [0.2, 0.25) is 0 Å². The zero-order valence-electron chi connectivity index (χ0n) is 9.39. The molecule has 0 spiro atoms. The average Bonchev–Trinajstić information content (AvgIpc) is 2.75. The number of allylic oxidation sites excluding steroid dienone is 2. The Labute approximate surface area is 103 Å². The van der Waals surface area contributed by atoms with Gasteiger partial charge in [0.15, 0.2) is 0 Å². The summed E-state index contributed by atoms with van der Waals surface area (Å²) < 4.78 is 0. The molecule has 2 aliphatic carbocycles. The fourth-order valence-corrected chi connectivity index (χ4v) is 6.68. The third-order valence-electron chi connectivity index (χ3n) is 3.91. The van der Waals surface area contributed by atoms with Gasteiger partial charge in [0, 0.05) is 0 Å². The Hall–Kier alpha value is 0.537. The van der Waals surface area contributed by atoms with Gasteiger partial charge in [0.25, 0.3) is 6.69 Å². The molecule has 3 atom stereocenters. The van der Waals surface area contributed by atoms with E-state index in [-0.39, 0.29) is 0 Å². The Morgan fingerprint density at radius 2 is 2.00 bits per heavy atom. The minimum absolute atomic E-state index is 0.856. The lowest BCUT2D eigenvalue weighted by Gasteiger charge is -2.22. The highest BCUT2D eigenvalue weighted by Gasteiger charge is 2.37. The van der Waals surface area contributed by atoms with Gasteiger partial charge in [0.05, 0.1) is 0 Å². The van der Waals surface area contributed by atoms with Gasteiger partial charge >= 0.3 is 0 Å². The molecule has 0 aliphatic heterocycles. The van der Waals surface area contributed by atoms with Gasteiger partial charge in [-0.1, -0.05) is 31.9 Å². The van der Waals surface area contributed by atoms with Crippen molar-refractivity contribution >= 4 is 28.9 Å². The monoisotopic (exact) mass is 262 g/mol. The minimum atomic E-state index is -1.88. The number of halogens is 2.